The molecular formula is C12H16BrNO4S. The zero-order valence-electron chi connectivity index (χ0n) is 10.8. The first-order chi connectivity index (χ1) is 8.77. The fraction of sp³-hybridized carbons (Fsp3) is 0.417. The number of hydrogen-bond donors (Lipinski definition) is 1. The summed E-state index contributed by atoms with van der Waals surface area (Å²) in [6, 6.07) is 4.81. The Hall–Kier alpha value is -1.08. The van der Waals surface area contributed by atoms with Gasteiger partial charge in [0.15, 0.2) is 9.84 Å². The van der Waals surface area contributed by atoms with Crippen molar-refractivity contribution < 1.29 is 18.3 Å². The van der Waals surface area contributed by atoms with Gasteiger partial charge in [0.25, 0.3) is 0 Å². The molecule has 0 heterocycles. The molecule has 1 rings (SSSR count). The molecule has 19 heavy (non-hydrogen) atoms. The van der Waals surface area contributed by atoms with Crippen molar-refractivity contribution >= 4 is 37.4 Å². The number of anilines is 1. The first-order valence-electron chi connectivity index (χ1n) is 5.72. The SMILES string of the molecule is CCCN(CC(=O)O)c1c(Br)cccc1S(C)(=O)=O. The largest absolute Gasteiger partial charge is 0.480 e. The smallest absolute Gasteiger partial charge is 0.323 e. The molecule has 0 fully saturated rings. The van der Waals surface area contributed by atoms with Crippen molar-refractivity contribution in [2.45, 2.75) is 18.2 Å². The lowest BCUT2D eigenvalue weighted by Crippen LogP contribution is -2.31. The molecule has 1 aromatic rings. The Kier molecular flexibility index (Phi) is 5.37. The Balaban J connectivity index is 3.40. The summed E-state index contributed by atoms with van der Waals surface area (Å²) in [5, 5.41) is 8.95. The highest BCUT2D eigenvalue weighted by Gasteiger charge is 2.21. The highest BCUT2D eigenvalue weighted by Crippen LogP contribution is 2.33. The maximum Gasteiger partial charge on any atom is 0.323 e. The van der Waals surface area contributed by atoms with E-state index in [0.29, 0.717) is 16.7 Å². The minimum Gasteiger partial charge on any atom is -0.480 e. The summed E-state index contributed by atoms with van der Waals surface area (Å²) < 4.78 is 24.2. The van der Waals surface area contributed by atoms with Gasteiger partial charge in [-0.2, -0.15) is 0 Å². The first-order valence-corrected chi connectivity index (χ1v) is 8.41. The Morgan fingerprint density at radius 1 is 1.42 bits per heavy atom. The summed E-state index contributed by atoms with van der Waals surface area (Å²) in [7, 11) is -3.42. The molecule has 0 aliphatic heterocycles. The maximum atomic E-state index is 11.8. The van der Waals surface area contributed by atoms with Crippen molar-refractivity contribution in [3.63, 3.8) is 0 Å². The number of hydrogen-bond acceptors (Lipinski definition) is 4. The molecule has 0 amide bonds. The summed E-state index contributed by atoms with van der Waals surface area (Å²) in [5.41, 5.74) is 0.411. The molecular weight excluding hydrogens is 334 g/mol. The fourth-order valence-electron chi connectivity index (χ4n) is 1.80. The van der Waals surface area contributed by atoms with Gasteiger partial charge in [-0.3, -0.25) is 4.79 Å². The van der Waals surface area contributed by atoms with Gasteiger partial charge in [-0.25, -0.2) is 8.42 Å². The number of sulfone groups is 1. The van der Waals surface area contributed by atoms with E-state index in [2.05, 4.69) is 15.9 Å². The van der Waals surface area contributed by atoms with Gasteiger partial charge in [-0.15, -0.1) is 0 Å². The monoisotopic (exact) mass is 349 g/mol. The lowest BCUT2D eigenvalue weighted by molar-refractivity contribution is -0.135. The predicted octanol–water partition coefficient (Wildman–Crippen LogP) is 2.15. The van der Waals surface area contributed by atoms with Crippen molar-refractivity contribution in [3.05, 3.63) is 22.7 Å². The highest BCUT2D eigenvalue weighted by atomic mass is 79.9. The number of carboxylic acid groups (broad SMARTS) is 1. The second-order valence-electron chi connectivity index (χ2n) is 4.17. The Bertz CT molecular complexity index is 571. The average Bonchev–Trinajstić information content (AvgIpc) is 2.26. The summed E-state index contributed by atoms with van der Waals surface area (Å²) in [5.74, 6) is -0.997. The molecule has 0 bridgehead atoms. The third kappa shape index (κ3) is 4.21. The molecule has 0 unspecified atom stereocenters. The van der Waals surface area contributed by atoms with Crippen LogP contribution in [0.4, 0.5) is 5.69 Å². The second kappa shape index (κ2) is 6.38. The van der Waals surface area contributed by atoms with Crippen molar-refractivity contribution in [2.24, 2.45) is 0 Å². The molecule has 5 nitrogen and oxygen atoms in total. The topological polar surface area (TPSA) is 74.7 Å². The van der Waals surface area contributed by atoms with Gasteiger partial charge >= 0.3 is 5.97 Å². The van der Waals surface area contributed by atoms with Crippen LogP contribution in [0, 0.1) is 0 Å². The molecule has 106 valence electrons. The Labute approximate surface area is 121 Å². The van der Waals surface area contributed by atoms with Gasteiger partial charge in [-0.05, 0) is 34.5 Å². The van der Waals surface area contributed by atoms with E-state index in [1.807, 2.05) is 6.92 Å². The number of aliphatic carboxylic acids is 1. The Morgan fingerprint density at radius 2 is 2.05 bits per heavy atom. The molecule has 0 aliphatic rings. The zero-order valence-corrected chi connectivity index (χ0v) is 13.2. The third-order valence-corrected chi connectivity index (χ3v) is 4.25. The van der Waals surface area contributed by atoms with Gasteiger partial charge < -0.3 is 10.0 Å². The summed E-state index contributed by atoms with van der Waals surface area (Å²) in [4.78, 5) is 12.6. The zero-order chi connectivity index (χ0) is 14.6. The van der Waals surface area contributed by atoms with E-state index in [9.17, 15) is 13.2 Å². The minimum absolute atomic E-state index is 0.136. The van der Waals surface area contributed by atoms with Crippen LogP contribution in [0.5, 0.6) is 0 Å². The predicted molar refractivity (Wildman–Crippen MR) is 77.4 cm³/mol. The van der Waals surface area contributed by atoms with Crippen molar-refractivity contribution in [1.82, 2.24) is 0 Å². The quantitative estimate of drug-likeness (QED) is 0.851. The van der Waals surface area contributed by atoms with Crippen LogP contribution >= 0.6 is 15.9 Å². The summed E-state index contributed by atoms with van der Waals surface area (Å²) in [6.45, 7) is 2.14. The van der Waals surface area contributed by atoms with Crippen LogP contribution in [0.15, 0.2) is 27.6 Å². The molecule has 0 saturated carbocycles. The molecule has 0 spiro atoms. The number of carboxylic acids is 1. The van der Waals surface area contributed by atoms with Crippen molar-refractivity contribution in [3.8, 4) is 0 Å². The van der Waals surface area contributed by atoms with E-state index in [0.717, 1.165) is 12.7 Å². The molecule has 1 N–H and O–H groups in total. The first kappa shape index (κ1) is 16.0. The Morgan fingerprint density at radius 3 is 2.53 bits per heavy atom. The standard InChI is InChI=1S/C12H16BrNO4S/c1-3-7-14(8-11(15)16)12-9(13)5-4-6-10(12)19(2,17)18/h4-6H,3,7-8H2,1-2H3,(H,15,16). The number of carbonyl (C=O) groups is 1. The molecule has 1 aromatic carbocycles. The normalized spacial score (nSPS) is 11.3. The van der Waals surface area contributed by atoms with E-state index in [1.165, 1.54) is 6.07 Å². The van der Waals surface area contributed by atoms with Crippen LogP contribution in [-0.4, -0.2) is 38.8 Å². The number of halogens is 1. The van der Waals surface area contributed by atoms with E-state index in [4.69, 9.17) is 5.11 Å². The van der Waals surface area contributed by atoms with E-state index >= 15 is 0 Å². The molecule has 0 aliphatic carbocycles. The lowest BCUT2D eigenvalue weighted by Gasteiger charge is -2.25. The van der Waals surface area contributed by atoms with E-state index < -0.39 is 15.8 Å². The van der Waals surface area contributed by atoms with E-state index in [-0.39, 0.29) is 11.4 Å². The number of rotatable bonds is 6. The second-order valence-corrected chi connectivity index (χ2v) is 7.01. The fourth-order valence-corrected chi connectivity index (χ4v) is 3.47. The maximum absolute atomic E-state index is 11.8. The van der Waals surface area contributed by atoms with Crippen molar-refractivity contribution in [1.29, 1.82) is 0 Å². The van der Waals surface area contributed by atoms with Crippen LogP contribution in [0.25, 0.3) is 0 Å². The van der Waals surface area contributed by atoms with Crippen LogP contribution in [0.2, 0.25) is 0 Å². The van der Waals surface area contributed by atoms with Gasteiger partial charge in [0.05, 0.1) is 10.6 Å². The highest BCUT2D eigenvalue weighted by molar-refractivity contribution is 9.10. The molecule has 7 heteroatoms. The molecule has 0 radical (unpaired) electrons. The molecule has 0 aromatic heterocycles. The van der Waals surface area contributed by atoms with Crippen LogP contribution in [0.3, 0.4) is 0 Å². The van der Waals surface area contributed by atoms with Gasteiger partial charge in [0, 0.05) is 17.3 Å². The number of para-hydroxylation sites is 1. The van der Waals surface area contributed by atoms with Crippen LogP contribution in [-0.2, 0) is 14.6 Å². The summed E-state index contributed by atoms with van der Waals surface area (Å²) in [6.07, 6.45) is 1.83. The molecule has 0 atom stereocenters. The third-order valence-electron chi connectivity index (χ3n) is 2.49. The molecule has 0 saturated heterocycles. The van der Waals surface area contributed by atoms with Gasteiger partial charge in [-0.1, -0.05) is 13.0 Å². The van der Waals surface area contributed by atoms with E-state index in [1.54, 1.807) is 17.0 Å². The van der Waals surface area contributed by atoms with Gasteiger partial charge in [0.2, 0.25) is 0 Å². The van der Waals surface area contributed by atoms with Crippen molar-refractivity contribution in [2.75, 3.05) is 24.2 Å². The van der Waals surface area contributed by atoms with Crippen LogP contribution in [0.1, 0.15) is 13.3 Å². The lowest BCUT2D eigenvalue weighted by atomic mass is 10.2. The average molecular weight is 350 g/mol. The minimum atomic E-state index is -3.42. The van der Waals surface area contributed by atoms with Crippen LogP contribution < -0.4 is 4.90 Å². The summed E-state index contributed by atoms with van der Waals surface area (Å²) >= 11 is 3.30. The van der Waals surface area contributed by atoms with Gasteiger partial charge in [0.1, 0.15) is 6.54 Å². The number of nitrogens with zero attached hydrogens (tertiary/aromatic N) is 1. The number of benzene rings is 1.